The number of para-hydroxylation sites is 1. The van der Waals surface area contributed by atoms with Crippen molar-refractivity contribution in [2.75, 3.05) is 11.9 Å². The van der Waals surface area contributed by atoms with Crippen LogP contribution in [-0.4, -0.2) is 46.1 Å². The molecule has 2 heterocycles. The Morgan fingerprint density at radius 2 is 2.00 bits per heavy atom. The number of amides is 3. The minimum Gasteiger partial charge on any atom is -0.331 e. The molecule has 0 bridgehead atoms. The minimum absolute atomic E-state index is 0.0282. The van der Waals surface area contributed by atoms with E-state index in [2.05, 4.69) is 5.32 Å². The van der Waals surface area contributed by atoms with Crippen molar-refractivity contribution in [3.8, 4) is 0 Å². The van der Waals surface area contributed by atoms with Gasteiger partial charge in [0.25, 0.3) is 0 Å². The van der Waals surface area contributed by atoms with Crippen LogP contribution in [0.5, 0.6) is 0 Å². The van der Waals surface area contributed by atoms with Crippen LogP contribution in [0.15, 0.2) is 24.3 Å². The van der Waals surface area contributed by atoms with Gasteiger partial charge in [-0.15, -0.1) is 0 Å². The van der Waals surface area contributed by atoms with Crippen LogP contribution in [-0.2, 0) is 20.9 Å². The van der Waals surface area contributed by atoms with E-state index in [1.807, 2.05) is 38.1 Å². The topological polar surface area (TPSA) is 69.7 Å². The highest BCUT2D eigenvalue weighted by molar-refractivity contribution is 6.00. The molecule has 0 aliphatic carbocycles. The Labute approximate surface area is 154 Å². The van der Waals surface area contributed by atoms with Crippen molar-refractivity contribution in [3.05, 3.63) is 29.8 Å². The lowest BCUT2D eigenvalue weighted by molar-refractivity contribution is -0.148. The van der Waals surface area contributed by atoms with Crippen LogP contribution in [0.2, 0.25) is 0 Å². The third-order valence-electron chi connectivity index (χ3n) is 5.63. The van der Waals surface area contributed by atoms with Gasteiger partial charge in [0.05, 0.1) is 0 Å². The van der Waals surface area contributed by atoms with E-state index < -0.39 is 12.1 Å². The zero-order chi connectivity index (χ0) is 18.8. The fourth-order valence-electron chi connectivity index (χ4n) is 4.01. The van der Waals surface area contributed by atoms with E-state index in [1.54, 1.807) is 9.80 Å². The second-order valence-corrected chi connectivity index (χ2v) is 7.31. The maximum Gasteiger partial charge on any atom is 0.247 e. The number of anilines is 1. The van der Waals surface area contributed by atoms with Crippen LogP contribution in [0.25, 0.3) is 0 Å². The van der Waals surface area contributed by atoms with Gasteiger partial charge >= 0.3 is 0 Å². The van der Waals surface area contributed by atoms with Gasteiger partial charge in [0.1, 0.15) is 12.1 Å². The molecule has 6 heteroatoms. The molecule has 0 spiro atoms. The Morgan fingerprint density at radius 1 is 1.27 bits per heavy atom. The average molecular weight is 357 g/mol. The number of nitrogens with one attached hydrogen (secondary N) is 1. The van der Waals surface area contributed by atoms with Crippen molar-refractivity contribution >= 4 is 23.4 Å². The number of hydrogen-bond acceptors (Lipinski definition) is 3. The van der Waals surface area contributed by atoms with E-state index >= 15 is 0 Å². The molecular formula is C20H27N3O3. The van der Waals surface area contributed by atoms with E-state index in [1.165, 1.54) is 6.92 Å². The van der Waals surface area contributed by atoms with Crippen molar-refractivity contribution in [2.24, 2.45) is 5.92 Å². The van der Waals surface area contributed by atoms with Crippen LogP contribution in [0.4, 0.5) is 5.69 Å². The number of carbonyl (C=O) groups excluding carboxylic acids is 3. The van der Waals surface area contributed by atoms with E-state index in [4.69, 9.17) is 0 Å². The lowest BCUT2D eigenvalue weighted by Gasteiger charge is -2.36. The zero-order valence-electron chi connectivity index (χ0n) is 15.7. The zero-order valence-corrected chi connectivity index (χ0v) is 15.7. The quantitative estimate of drug-likeness (QED) is 0.903. The van der Waals surface area contributed by atoms with Gasteiger partial charge in [-0.05, 0) is 30.4 Å². The summed E-state index contributed by atoms with van der Waals surface area (Å²) in [5, 5.41) is 2.98. The first-order chi connectivity index (χ1) is 12.4. The Bertz CT molecular complexity index is 718. The number of benzene rings is 1. The summed E-state index contributed by atoms with van der Waals surface area (Å²) in [5.41, 5.74) is 1.68. The fraction of sp³-hybridized carbons (Fsp3) is 0.550. The second-order valence-electron chi connectivity index (χ2n) is 7.31. The van der Waals surface area contributed by atoms with Crippen LogP contribution < -0.4 is 5.32 Å². The number of hydrogen-bond donors (Lipinski definition) is 1. The number of carbonyl (C=O) groups is 3. The van der Waals surface area contributed by atoms with Crippen LogP contribution in [0.1, 0.15) is 45.6 Å². The molecule has 6 nitrogen and oxygen atoms in total. The van der Waals surface area contributed by atoms with Gasteiger partial charge in [0.2, 0.25) is 17.7 Å². The molecule has 0 saturated carbocycles. The first kappa shape index (κ1) is 18.4. The molecule has 140 valence electrons. The van der Waals surface area contributed by atoms with E-state index in [-0.39, 0.29) is 23.6 Å². The van der Waals surface area contributed by atoms with Gasteiger partial charge in [-0.1, -0.05) is 38.5 Å². The van der Waals surface area contributed by atoms with Gasteiger partial charge in [0.15, 0.2) is 0 Å². The van der Waals surface area contributed by atoms with Gasteiger partial charge in [-0.2, -0.15) is 0 Å². The average Bonchev–Trinajstić information content (AvgIpc) is 3.06. The van der Waals surface area contributed by atoms with Crippen molar-refractivity contribution in [2.45, 2.75) is 58.7 Å². The summed E-state index contributed by atoms with van der Waals surface area (Å²) in [5.74, 6) is -0.319. The third kappa shape index (κ3) is 3.32. The molecule has 0 aromatic heterocycles. The van der Waals surface area contributed by atoms with Crippen molar-refractivity contribution in [1.29, 1.82) is 0 Å². The standard InChI is InChI=1S/C20H27N3O3/c1-4-13(2)18-19(25)21-16-9-6-5-8-15(16)12-23(18)20(26)17-10-7-11-22(17)14(3)24/h5-6,8-9,13,17-18H,4,7,10-12H2,1-3H3,(H,21,25)/t13-,17+,18-/m0/s1. The Morgan fingerprint density at radius 3 is 2.69 bits per heavy atom. The number of fused-ring (bicyclic) bond motifs is 1. The molecule has 2 aliphatic heterocycles. The molecule has 0 radical (unpaired) electrons. The van der Waals surface area contributed by atoms with Crippen molar-refractivity contribution in [3.63, 3.8) is 0 Å². The molecule has 3 rings (SSSR count). The van der Waals surface area contributed by atoms with Gasteiger partial charge in [0, 0.05) is 25.7 Å². The molecule has 3 atom stereocenters. The Balaban J connectivity index is 1.98. The fourth-order valence-corrected chi connectivity index (χ4v) is 4.01. The van der Waals surface area contributed by atoms with Crippen molar-refractivity contribution in [1.82, 2.24) is 9.80 Å². The highest BCUT2D eigenvalue weighted by Gasteiger charge is 2.42. The summed E-state index contributed by atoms with van der Waals surface area (Å²) in [4.78, 5) is 41.6. The third-order valence-corrected chi connectivity index (χ3v) is 5.63. The largest absolute Gasteiger partial charge is 0.331 e. The molecule has 3 amide bonds. The molecule has 1 fully saturated rings. The van der Waals surface area contributed by atoms with E-state index in [0.29, 0.717) is 19.5 Å². The summed E-state index contributed by atoms with van der Waals surface area (Å²) in [6, 6.07) is 6.60. The van der Waals surface area contributed by atoms with E-state index in [0.717, 1.165) is 24.1 Å². The van der Waals surface area contributed by atoms with E-state index in [9.17, 15) is 14.4 Å². The highest BCUT2D eigenvalue weighted by Crippen LogP contribution is 2.30. The summed E-state index contributed by atoms with van der Waals surface area (Å²) in [6.07, 6.45) is 2.27. The minimum atomic E-state index is -0.533. The molecule has 0 unspecified atom stereocenters. The smallest absolute Gasteiger partial charge is 0.247 e. The summed E-state index contributed by atoms with van der Waals surface area (Å²) in [6.45, 7) is 6.51. The summed E-state index contributed by atoms with van der Waals surface area (Å²) >= 11 is 0. The molecule has 1 aromatic rings. The lowest BCUT2D eigenvalue weighted by atomic mass is 9.95. The van der Waals surface area contributed by atoms with Crippen LogP contribution >= 0.6 is 0 Å². The summed E-state index contributed by atoms with van der Waals surface area (Å²) in [7, 11) is 0. The number of nitrogens with zero attached hydrogens (tertiary/aromatic N) is 2. The predicted molar refractivity (Wildman–Crippen MR) is 99.3 cm³/mol. The summed E-state index contributed by atoms with van der Waals surface area (Å²) < 4.78 is 0. The van der Waals surface area contributed by atoms with Gasteiger partial charge in [-0.25, -0.2) is 0 Å². The normalized spacial score (nSPS) is 23.9. The monoisotopic (exact) mass is 357 g/mol. The second kappa shape index (κ2) is 7.48. The number of likely N-dealkylation sites (tertiary alicyclic amines) is 1. The Kier molecular flexibility index (Phi) is 5.30. The maximum absolute atomic E-state index is 13.4. The van der Waals surface area contributed by atoms with Crippen LogP contribution in [0, 0.1) is 5.92 Å². The molecule has 2 aliphatic rings. The lowest BCUT2D eigenvalue weighted by Crippen LogP contribution is -2.54. The first-order valence-electron chi connectivity index (χ1n) is 9.40. The van der Waals surface area contributed by atoms with Crippen LogP contribution in [0.3, 0.4) is 0 Å². The SMILES string of the molecule is CC[C@H](C)[C@H]1C(=O)Nc2ccccc2CN1C(=O)[C@H]1CCCN1C(C)=O. The molecule has 1 N–H and O–H groups in total. The molecular weight excluding hydrogens is 330 g/mol. The van der Waals surface area contributed by atoms with Crippen molar-refractivity contribution < 1.29 is 14.4 Å². The Hall–Kier alpha value is -2.37. The van der Waals surface area contributed by atoms with Gasteiger partial charge in [-0.3, -0.25) is 14.4 Å². The molecule has 1 aromatic carbocycles. The number of rotatable bonds is 3. The first-order valence-corrected chi connectivity index (χ1v) is 9.40. The molecule has 1 saturated heterocycles. The maximum atomic E-state index is 13.4. The van der Waals surface area contributed by atoms with Gasteiger partial charge < -0.3 is 15.1 Å². The highest BCUT2D eigenvalue weighted by atomic mass is 16.2. The molecule has 26 heavy (non-hydrogen) atoms. The predicted octanol–water partition coefficient (Wildman–Crippen LogP) is 2.39.